The quantitative estimate of drug-likeness (QED) is 0.573. The summed E-state index contributed by atoms with van der Waals surface area (Å²) in [6.07, 6.45) is 1.26. The highest BCUT2D eigenvalue weighted by Gasteiger charge is 2.13. The van der Waals surface area contributed by atoms with Crippen molar-refractivity contribution >= 4 is 15.7 Å². The highest BCUT2D eigenvalue weighted by Crippen LogP contribution is 2.13. The van der Waals surface area contributed by atoms with E-state index in [-0.39, 0.29) is 12.2 Å². The summed E-state index contributed by atoms with van der Waals surface area (Å²) in [5.74, 6) is 4.28. The van der Waals surface area contributed by atoms with Crippen LogP contribution in [0, 0.1) is 0 Å². The van der Waals surface area contributed by atoms with Gasteiger partial charge in [0.25, 0.3) is 5.91 Å². The number of carbonyl (C=O) groups excluding carboxylic acids is 1. The smallest absolute Gasteiger partial charge is 0.272 e. The highest BCUT2D eigenvalue weighted by atomic mass is 32.2. The summed E-state index contributed by atoms with van der Waals surface area (Å²) >= 11 is 0. The van der Waals surface area contributed by atoms with E-state index in [2.05, 4.69) is 21.2 Å². The van der Waals surface area contributed by atoms with Crippen LogP contribution in [0.3, 0.4) is 0 Å². The van der Waals surface area contributed by atoms with Gasteiger partial charge < -0.3 is 0 Å². The summed E-state index contributed by atoms with van der Waals surface area (Å²) < 4.78 is 24.4. The first-order valence-electron chi connectivity index (χ1n) is 7.66. The maximum atomic E-state index is 12.2. The van der Waals surface area contributed by atoms with E-state index in [1.54, 1.807) is 42.5 Å². The van der Waals surface area contributed by atoms with Crippen LogP contribution in [0.15, 0.2) is 69.9 Å². The molecule has 2 N–H and O–H groups in total. The van der Waals surface area contributed by atoms with Gasteiger partial charge in [-0.25, -0.2) is 8.42 Å². The molecule has 0 radical (unpaired) electrons. The van der Waals surface area contributed by atoms with Gasteiger partial charge in [0.1, 0.15) is 0 Å². The van der Waals surface area contributed by atoms with Crippen molar-refractivity contribution in [3.63, 3.8) is 0 Å². The fourth-order valence-electron chi connectivity index (χ4n) is 2.31. The van der Waals surface area contributed by atoms with Crippen molar-refractivity contribution in [3.8, 4) is 0 Å². The van der Waals surface area contributed by atoms with Gasteiger partial charge in [-0.05, 0) is 36.1 Å². The third-order valence-corrected chi connectivity index (χ3v) is 5.38. The molecule has 0 fully saturated rings. The largest absolute Gasteiger partial charge is 0.282 e. The molecule has 0 aromatic heterocycles. The number of benzene rings is 2. The molecule has 0 atom stereocenters. The SMILES string of the molecule is NON=NC(=O)Cc1ccc(CCCS(=O)(=O)c2ccccc2)cc1. The first-order valence-corrected chi connectivity index (χ1v) is 9.32. The standard InChI is InChI=1S/C17H19N3O4S/c18-24-20-19-17(21)13-15-10-8-14(9-11-15)5-4-12-25(22,23)16-6-2-1-3-7-16/h1-3,6-11H,4-5,12-13,18H2. The predicted octanol–water partition coefficient (Wildman–Crippen LogP) is 2.42. The minimum Gasteiger partial charge on any atom is -0.282 e. The van der Waals surface area contributed by atoms with Gasteiger partial charge in [0.05, 0.1) is 22.3 Å². The molecule has 0 aliphatic carbocycles. The van der Waals surface area contributed by atoms with Gasteiger partial charge in [-0.15, -0.1) is 5.90 Å². The Labute approximate surface area is 146 Å². The summed E-state index contributed by atoms with van der Waals surface area (Å²) in [5.41, 5.74) is 1.79. The van der Waals surface area contributed by atoms with E-state index in [9.17, 15) is 13.2 Å². The molecule has 0 heterocycles. The molecule has 0 aliphatic rings. The second-order valence-corrected chi connectivity index (χ2v) is 7.52. The van der Waals surface area contributed by atoms with Crippen molar-refractivity contribution in [2.75, 3.05) is 5.75 Å². The summed E-state index contributed by atoms with van der Waals surface area (Å²) in [6, 6.07) is 15.8. The Morgan fingerprint density at radius 2 is 1.64 bits per heavy atom. The van der Waals surface area contributed by atoms with Crippen LogP contribution in [0.2, 0.25) is 0 Å². The zero-order valence-electron chi connectivity index (χ0n) is 13.5. The monoisotopic (exact) mass is 361 g/mol. The number of amides is 1. The third-order valence-electron chi connectivity index (χ3n) is 3.56. The van der Waals surface area contributed by atoms with Crippen LogP contribution < -0.4 is 5.90 Å². The lowest BCUT2D eigenvalue weighted by molar-refractivity contribution is -0.118. The molecule has 0 saturated carbocycles. The lowest BCUT2D eigenvalue weighted by Gasteiger charge is -2.05. The molecule has 0 bridgehead atoms. The van der Waals surface area contributed by atoms with E-state index >= 15 is 0 Å². The molecule has 2 aromatic rings. The number of hydrogen-bond acceptors (Lipinski definition) is 6. The van der Waals surface area contributed by atoms with E-state index in [1.165, 1.54) is 0 Å². The molecule has 0 saturated heterocycles. The minimum atomic E-state index is -3.25. The number of nitrogens with zero attached hydrogens (tertiary/aromatic N) is 2. The molecule has 7 nitrogen and oxygen atoms in total. The molecule has 0 aliphatic heterocycles. The van der Waals surface area contributed by atoms with Crippen molar-refractivity contribution in [1.29, 1.82) is 0 Å². The predicted molar refractivity (Wildman–Crippen MR) is 92.1 cm³/mol. The van der Waals surface area contributed by atoms with Gasteiger partial charge in [0.15, 0.2) is 9.84 Å². The molecule has 132 valence electrons. The zero-order valence-corrected chi connectivity index (χ0v) is 14.4. The average Bonchev–Trinajstić information content (AvgIpc) is 2.62. The van der Waals surface area contributed by atoms with E-state index in [0.29, 0.717) is 17.7 Å². The molecule has 0 spiro atoms. The lowest BCUT2D eigenvalue weighted by atomic mass is 10.1. The summed E-state index contributed by atoms with van der Waals surface area (Å²) in [4.78, 5) is 15.6. The normalized spacial score (nSPS) is 11.6. The molecule has 1 amide bonds. The van der Waals surface area contributed by atoms with Crippen molar-refractivity contribution in [2.24, 2.45) is 16.3 Å². The number of nitrogens with two attached hydrogens (primary N) is 1. The lowest BCUT2D eigenvalue weighted by Crippen LogP contribution is -2.07. The second-order valence-electron chi connectivity index (χ2n) is 5.41. The molecule has 8 heteroatoms. The molecule has 2 rings (SSSR count). The highest BCUT2D eigenvalue weighted by molar-refractivity contribution is 7.91. The average molecular weight is 361 g/mol. The Balaban J connectivity index is 1.86. The summed E-state index contributed by atoms with van der Waals surface area (Å²) in [6.45, 7) is 0. The van der Waals surface area contributed by atoms with Gasteiger partial charge in [-0.1, -0.05) is 47.6 Å². The Hall–Kier alpha value is -2.58. The molecular weight excluding hydrogens is 342 g/mol. The summed E-state index contributed by atoms with van der Waals surface area (Å²) in [5, 5.41) is 6.21. The van der Waals surface area contributed by atoms with Crippen molar-refractivity contribution in [1.82, 2.24) is 0 Å². The number of aryl methyl sites for hydroxylation is 1. The van der Waals surface area contributed by atoms with Gasteiger partial charge >= 0.3 is 0 Å². The molecule has 0 unspecified atom stereocenters. The van der Waals surface area contributed by atoms with Crippen molar-refractivity contribution < 1.29 is 18.2 Å². The second kappa shape index (κ2) is 9.05. The van der Waals surface area contributed by atoms with Crippen LogP contribution in [-0.2, 0) is 32.4 Å². The molecular formula is C17H19N3O4S. The van der Waals surface area contributed by atoms with E-state index in [0.717, 1.165) is 11.1 Å². The Bertz CT molecular complexity index is 819. The Morgan fingerprint density at radius 1 is 1.00 bits per heavy atom. The number of hydrogen-bond donors (Lipinski definition) is 1. The van der Waals surface area contributed by atoms with Crippen molar-refractivity contribution in [2.45, 2.75) is 24.2 Å². The Morgan fingerprint density at radius 3 is 2.28 bits per heavy atom. The van der Waals surface area contributed by atoms with E-state index in [1.807, 2.05) is 12.1 Å². The van der Waals surface area contributed by atoms with Gasteiger partial charge in [-0.2, -0.15) is 0 Å². The fourth-order valence-corrected chi connectivity index (χ4v) is 3.65. The van der Waals surface area contributed by atoms with Crippen LogP contribution >= 0.6 is 0 Å². The topological polar surface area (TPSA) is 111 Å². The molecule has 25 heavy (non-hydrogen) atoms. The number of carbonyl (C=O) groups is 1. The van der Waals surface area contributed by atoms with Crippen LogP contribution in [0.5, 0.6) is 0 Å². The number of rotatable bonds is 8. The zero-order chi connectivity index (χ0) is 18.1. The number of sulfone groups is 1. The van der Waals surface area contributed by atoms with Gasteiger partial charge in [0.2, 0.25) is 0 Å². The van der Waals surface area contributed by atoms with Crippen LogP contribution in [0.1, 0.15) is 17.5 Å². The van der Waals surface area contributed by atoms with E-state index in [4.69, 9.17) is 0 Å². The Kier molecular flexibility index (Phi) is 6.79. The first kappa shape index (κ1) is 18.8. The van der Waals surface area contributed by atoms with Gasteiger partial charge in [-0.3, -0.25) is 9.73 Å². The fraction of sp³-hybridized carbons (Fsp3) is 0.235. The first-order chi connectivity index (χ1) is 12.0. The van der Waals surface area contributed by atoms with Gasteiger partial charge in [0, 0.05) is 0 Å². The van der Waals surface area contributed by atoms with Crippen molar-refractivity contribution in [3.05, 3.63) is 65.7 Å². The summed E-state index contributed by atoms with van der Waals surface area (Å²) in [7, 11) is -3.25. The van der Waals surface area contributed by atoms with E-state index < -0.39 is 15.7 Å². The maximum absolute atomic E-state index is 12.2. The van der Waals surface area contributed by atoms with Crippen LogP contribution in [-0.4, -0.2) is 20.1 Å². The maximum Gasteiger partial charge on any atom is 0.272 e. The minimum absolute atomic E-state index is 0.0928. The third kappa shape index (κ3) is 6.09. The van der Waals surface area contributed by atoms with Crippen LogP contribution in [0.25, 0.3) is 0 Å². The van der Waals surface area contributed by atoms with Crippen LogP contribution in [0.4, 0.5) is 0 Å². The molecule has 2 aromatic carbocycles.